The van der Waals surface area contributed by atoms with Crippen molar-refractivity contribution < 1.29 is 9.47 Å². The number of H-pyrrole nitrogens is 1. The van der Waals surface area contributed by atoms with Gasteiger partial charge in [0.2, 0.25) is 5.43 Å². The molecule has 0 radical (unpaired) electrons. The Morgan fingerprint density at radius 3 is 2.46 bits per heavy atom. The lowest BCUT2D eigenvalue weighted by Crippen LogP contribution is -2.44. The molecule has 6 rings (SSSR count). The Hall–Kier alpha value is -3.14. The molecule has 2 aromatic heterocycles. The molecule has 194 valence electrons. The number of methoxy groups -OCH3 is 1. The van der Waals surface area contributed by atoms with E-state index in [9.17, 15) is 9.59 Å². The maximum Gasteiger partial charge on any atom is 0.271 e. The maximum absolute atomic E-state index is 13.3. The van der Waals surface area contributed by atoms with Crippen LogP contribution in [-0.4, -0.2) is 60.3 Å². The molecule has 1 aliphatic carbocycles. The number of fused-ring (bicyclic) bond motifs is 2. The number of rotatable bonds is 7. The molecule has 4 aromatic rings. The van der Waals surface area contributed by atoms with Crippen molar-refractivity contribution in [1.29, 1.82) is 0 Å². The van der Waals surface area contributed by atoms with Gasteiger partial charge in [0.1, 0.15) is 22.6 Å². The third-order valence-electron chi connectivity index (χ3n) is 7.50. The van der Waals surface area contributed by atoms with E-state index < -0.39 is 0 Å². The molecule has 2 aromatic carbocycles. The molecule has 0 atom stereocenters. The fourth-order valence-electron chi connectivity index (χ4n) is 5.55. The normalized spacial score (nSPS) is 16.5. The average molecular weight is 521 g/mol. The van der Waals surface area contributed by atoms with Crippen LogP contribution in [0.1, 0.15) is 30.0 Å². The van der Waals surface area contributed by atoms with Gasteiger partial charge in [0.15, 0.2) is 5.75 Å². The van der Waals surface area contributed by atoms with E-state index in [0.29, 0.717) is 22.6 Å². The Morgan fingerprint density at radius 1 is 1.05 bits per heavy atom. The number of ether oxygens (including phenoxy) is 2. The highest BCUT2D eigenvalue weighted by Crippen LogP contribution is 2.45. The van der Waals surface area contributed by atoms with Gasteiger partial charge in [-0.05, 0) is 79.2 Å². The number of nitrogens with one attached hydrogen (secondary N) is 2. The van der Waals surface area contributed by atoms with Gasteiger partial charge >= 0.3 is 0 Å². The molecule has 1 aliphatic heterocycles. The highest BCUT2D eigenvalue weighted by Gasteiger charge is 2.31. The fourth-order valence-corrected chi connectivity index (χ4v) is 6.47. The van der Waals surface area contributed by atoms with Crippen LogP contribution in [0.15, 0.2) is 33.9 Å². The zero-order valence-corrected chi connectivity index (χ0v) is 22.3. The standard InChI is InChI=1S/C28H32N4O4S/c1-16-14-18(15-17(2)25(16)36-13-12-31-10-8-29-9-11-31)20-6-7-21-23(26(20)35-3)32(19-4-5-19)28-22(24(21)33)27(34)30-37-28/h6-7,14-15,19,29H,4-5,8-13H2,1-3H3,(H,30,34). The lowest BCUT2D eigenvalue weighted by atomic mass is 9.97. The van der Waals surface area contributed by atoms with Crippen molar-refractivity contribution in [2.75, 3.05) is 46.4 Å². The molecule has 3 heterocycles. The number of aryl methyl sites for hydroxylation is 2. The van der Waals surface area contributed by atoms with Gasteiger partial charge in [0.05, 0.1) is 18.0 Å². The second kappa shape index (κ2) is 9.63. The number of hydrogen-bond acceptors (Lipinski definition) is 7. The molecule has 0 amide bonds. The number of hydrogen-bond donors (Lipinski definition) is 2. The largest absolute Gasteiger partial charge is 0.494 e. The summed E-state index contributed by atoms with van der Waals surface area (Å²) in [4.78, 5) is 28.9. The van der Waals surface area contributed by atoms with Gasteiger partial charge in [-0.1, -0.05) is 0 Å². The number of piperazine rings is 1. The first-order valence-electron chi connectivity index (χ1n) is 12.9. The highest BCUT2D eigenvalue weighted by atomic mass is 32.1. The molecule has 37 heavy (non-hydrogen) atoms. The van der Waals surface area contributed by atoms with E-state index in [0.717, 1.165) is 79.1 Å². The third-order valence-corrected chi connectivity index (χ3v) is 8.38. The molecule has 9 heteroatoms. The SMILES string of the molecule is COc1c(-c2cc(C)c(OCCN3CCNCC3)c(C)c2)ccc2c(=O)c3c(=O)[nH]sc3n(C3CC3)c12. The number of aromatic amines is 1. The van der Waals surface area contributed by atoms with Crippen LogP contribution in [-0.2, 0) is 0 Å². The quantitative estimate of drug-likeness (QED) is 0.385. The van der Waals surface area contributed by atoms with Gasteiger partial charge < -0.3 is 19.4 Å². The topological polar surface area (TPSA) is 88.6 Å². The van der Waals surface area contributed by atoms with Crippen LogP contribution in [0.5, 0.6) is 11.5 Å². The van der Waals surface area contributed by atoms with Crippen LogP contribution in [0.25, 0.3) is 32.2 Å². The van der Waals surface area contributed by atoms with Crippen LogP contribution in [0.2, 0.25) is 0 Å². The maximum atomic E-state index is 13.3. The molecule has 0 spiro atoms. The summed E-state index contributed by atoms with van der Waals surface area (Å²) >= 11 is 1.23. The predicted molar refractivity (Wildman–Crippen MR) is 149 cm³/mol. The van der Waals surface area contributed by atoms with Crippen LogP contribution < -0.4 is 25.8 Å². The highest BCUT2D eigenvalue weighted by molar-refractivity contribution is 7.12. The molecular weight excluding hydrogens is 488 g/mol. The van der Waals surface area contributed by atoms with Gasteiger partial charge in [-0.25, -0.2) is 0 Å². The third kappa shape index (κ3) is 4.24. The molecule has 0 unspecified atom stereocenters. The molecular formula is C28H32N4O4S. The van der Waals surface area contributed by atoms with Crippen LogP contribution >= 0.6 is 11.5 Å². The average Bonchev–Trinajstić information content (AvgIpc) is 3.66. The van der Waals surface area contributed by atoms with Gasteiger partial charge in [0, 0.05) is 44.3 Å². The molecule has 0 bridgehead atoms. The summed E-state index contributed by atoms with van der Waals surface area (Å²) in [6.45, 7) is 9.89. The van der Waals surface area contributed by atoms with E-state index in [2.05, 4.69) is 45.1 Å². The van der Waals surface area contributed by atoms with Gasteiger partial charge in [-0.3, -0.25) is 18.9 Å². The number of aromatic nitrogens is 2. The molecule has 1 saturated carbocycles. The molecule has 8 nitrogen and oxygen atoms in total. The van der Waals surface area contributed by atoms with Gasteiger partial charge in [0.25, 0.3) is 5.56 Å². The number of pyridine rings is 1. The smallest absolute Gasteiger partial charge is 0.271 e. The lowest BCUT2D eigenvalue weighted by molar-refractivity contribution is 0.190. The fraction of sp³-hybridized carbons (Fsp3) is 0.429. The summed E-state index contributed by atoms with van der Waals surface area (Å²) in [6, 6.07) is 8.29. The van der Waals surface area contributed by atoms with Crippen molar-refractivity contribution in [2.45, 2.75) is 32.7 Å². The molecule has 2 fully saturated rings. The lowest BCUT2D eigenvalue weighted by Gasteiger charge is -2.27. The Morgan fingerprint density at radius 2 is 1.78 bits per heavy atom. The van der Waals surface area contributed by atoms with E-state index in [1.54, 1.807) is 7.11 Å². The number of benzene rings is 2. The first-order valence-corrected chi connectivity index (χ1v) is 13.7. The Kier molecular flexibility index (Phi) is 6.30. The number of nitrogens with zero attached hydrogens (tertiary/aromatic N) is 2. The molecule has 2 aliphatic rings. The Balaban J connectivity index is 1.41. The van der Waals surface area contributed by atoms with Crippen LogP contribution in [0, 0.1) is 13.8 Å². The summed E-state index contributed by atoms with van der Waals surface area (Å²) < 4.78 is 17.1. The summed E-state index contributed by atoms with van der Waals surface area (Å²) in [5, 5.41) is 4.14. The van der Waals surface area contributed by atoms with Gasteiger partial charge in [-0.2, -0.15) is 0 Å². The van der Waals surface area contributed by atoms with Crippen molar-refractivity contribution >= 4 is 32.7 Å². The van der Waals surface area contributed by atoms with Crippen molar-refractivity contribution in [1.82, 2.24) is 19.2 Å². The summed E-state index contributed by atoms with van der Waals surface area (Å²) in [7, 11) is 1.65. The first-order chi connectivity index (χ1) is 18.0. The van der Waals surface area contributed by atoms with Crippen LogP contribution in [0.3, 0.4) is 0 Å². The zero-order valence-electron chi connectivity index (χ0n) is 21.5. The van der Waals surface area contributed by atoms with Crippen molar-refractivity contribution in [3.63, 3.8) is 0 Å². The predicted octanol–water partition coefficient (Wildman–Crippen LogP) is 3.82. The minimum absolute atomic E-state index is 0.241. The van der Waals surface area contributed by atoms with Crippen molar-refractivity contribution in [2.24, 2.45) is 0 Å². The summed E-state index contributed by atoms with van der Waals surface area (Å²) in [6.07, 6.45) is 2.04. The Bertz CT molecular complexity index is 1590. The zero-order chi connectivity index (χ0) is 25.7. The van der Waals surface area contributed by atoms with Crippen molar-refractivity contribution in [3.05, 3.63) is 56.0 Å². The first kappa shape index (κ1) is 24.2. The summed E-state index contributed by atoms with van der Waals surface area (Å²) in [5.74, 6) is 1.59. The van der Waals surface area contributed by atoms with E-state index in [4.69, 9.17) is 9.47 Å². The second-order valence-corrected chi connectivity index (χ2v) is 10.9. The van der Waals surface area contributed by atoms with Crippen molar-refractivity contribution in [3.8, 4) is 22.6 Å². The van der Waals surface area contributed by atoms with E-state index in [1.165, 1.54) is 11.5 Å². The second-order valence-electron chi connectivity index (χ2n) is 10.1. The summed E-state index contributed by atoms with van der Waals surface area (Å²) in [5.41, 5.74) is 4.28. The molecule has 2 N–H and O–H groups in total. The minimum Gasteiger partial charge on any atom is -0.494 e. The van der Waals surface area contributed by atoms with E-state index >= 15 is 0 Å². The van der Waals surface area contributed by atoms with E-state index in [-0.39, 0.29) is 22.4 Å². The molecule has 1 saturated heterocycles. The van der Waals surface area contributed by atoms with E-state index in [1.807, 2.05) is 12.1 Å². The Labute approximate surface area is 219 Å². The van der Waals surface area contributed by atoms with Crippen LogP contribution in [0.4, 0.5) is 0 Å². The minimum atomic E-state index is -0.317. The monoisotopic (exact) mass is 520 g/mol. The van der Waals surface area contributed by atoms with Gasteiger partial charge in [-0.15, -0.1) is 0 Å².